The minimum absolute atomic E-state index is 0.0353. The van der Waals surface area contributed by atoms with Crippen molar-refractivity contribution in [3.8, 4) is 5.75 Å². The van der Waals surface area contributed by atoms with Crippen LogP contribution in [0.4, 0.5) is 5.69 Å². The number of aromatic nitrogens is 2. The van der Waals surface area contributed by atoms with Gasteiger partial charge in [0.1, 0.15) is 18.9 Å². The molecule has 0 saturated carbocycles. The zero-order valence-electron chi connectivity index (χ0n) is 16.1. The first-order chi connectivity index (χ1) is 13.1. The topological polar surface area (TPSA) is 75.0 Å². The molecule has 144 valence electrons. The van der Waals surface area contributed by atoms with Crippen molar-refractivity contribution in [3.63, 3.8) is 0 Å². The molecule has 8 heteroatoms. The minimum atomic E-state index is 0.0353. The Kier molecular flexibility index (Phi) is 5.95. The highest BCUT2D eigenvalue weighted by molar-refractivity contribution is 5.98. The van der Waals surface area contributed by atoms with E-state index in [4.69, 9.17) is 4.74 Å². The predicted octanol–water partition coefficient (Wildman–Crippen LogP) is 1.03. The molecule has 2 heterocycles. The highest BCUT2D eigenvalue weighted by Crippen LogP contribution is 2.16. The third kappa shape index (κ3) is 4.78. The van der Waals surface area contributed by atoms with Gasteiger partial charge in [0.25, 0.3) is 0 Å². The molecule has 0 atom stereocenters. The van der Waals surface area contributed by atoms with E-state index in [1.165, 1.54) is 5.56 Å². The fourth-order valence-electron chi connectivity index (χ4n) is 2.97. The Morgan fingerprint density at radius 2 is 2.07 bits per heavy atom. The molecule has 1 N–H and O–H groups in total. The predicted molar refractivity (Wildman–Crippen MR) is 105 cm³/mol. The summed E-state index contributed by atoms with van der Waals surface area (Å²) in [4.78, 5) is 20.5. The van der Waals surface area contributed by atoms with Crippen molar-refractivity contribution in [2.75, 3.05) is 44.7 Å². The summed E-state index contributed by atoms with van der Waals surface area (Å²) in [5.74, 6) is 1.59. The number of carbonyl (C=O) groups is 1. The fourth-order valence-corrected chi connectivity index (χ4v) is 2.97. The number of anilines is 1. The molecule has 1 fully saturated rings. The number of aryl methyl sites for hydroxylation is 2. The van der Waals surface area contributed by atoms with Crippen molar-refractivity contribution in [1.82, 2.24) is 20.0 Å². The van der Waals surface area contributed by atoms with Crippen LogP contribution >= 0.6 is 0 Å². The fraction of sp³-hybridized carbons (Fsp3) is 0.421. The van der Waals surface area contributed by atoms with Gasteiger partial charge in [0.05, 0.1) is 18.4 Å². The number of hydrogen-bond acceptors (Lipinski definition) is 4. The third-order valence-corrected chi connectivity index (χ3v) is 4.41. The molecule has 1 aromatic carbocycles. The molecule has 1 aliphatic rings. The summed E-state index contributed by atoms with van der Waals surface area (Å²) in [6, 6.07) is 7.96. The Morgan fingerprint density at radius 3 is 2.70 bits per heavy atom. The molecule has 1 aromatic heterocycles. The third-order valence-electron chi connectivity index (χ3n) is 4.41. The molecule has 0 radical (unpaired) electrons. The van der Waals surface area contributed by atoms with Crippen molar-refractivity contribution in [1.29, 1.82) is 0 Å². The minimum Gasteiger partial charge on any atom is -0.492 e. The van der Waals surface area contributed by atoms with E-state index in [1.807, 2.05) is 49.3 Å². The molecule has 0 spiro atoms. The van der Waals surface area contributed by atoms with E-state index in [1.54, 1.807) is 22.8 Å². The van der Waals surface area contributed by atoms with Crippen LogP contribution in [0, 0.1) is 6.92 Å². The van der Waals surface area contributed by atoms with Crippen molar-refractivity contribution in [2.24, 2.45) is 12.0 Å². The molecule has 8 nitrogen and oxygen atoms in total. The molecule has 0 unspecified atom stereocenters. The largest absolute Gasteiger partial charge is 0.492 e. The lowest BCUT2D eigenvalue weighted by atomic mass is 10.2. The standard InChI is InChI=1S/C19H26N6O2/c1-15-4-6-17(7-5-15)27-11-8-21-19(20-2)24-9-10-25(18(26)14-24)16-12-22-23(3)13-16/h4-7,12-13H,8-11,14H2,1-3H3,(H,20,21). The number of piperazine rings is 1. The molecule has 1 saturated heterocycles. The Morgan fingerprint density at radius 1 is 1.30 bits per heavy atom. The van der Waals surface area contributed by atoms with Crippen LogP contribution in [-0.4, -0.2) is 66.4 Å². The van der Waals surface area contributed by atoms with Gasteiger partial charge in [-0.2, -0.15) is 5.10 Å². The van der Waals surface area contributed by atoms with Crippen molar-refractivity contribution in [3.05, 3.63) is 42.2 Å². The normalized spacial score (nSPS) is 15.2. The Balaban J connectivity index is 1.47. The van der Waals surface area contributed by atoms with Gasteiger partial charge in [-0.25, -0.2) is 0 Å². The molecular weight excluding hydrogens is 344 g/mol. The van der Waals surface area contributed by atoms with Crippen LogP contribution in [0.25, 0.3) is 0 Å². The summed E-state index contributed by atoms with van der Waals surface area (Å²) >= 11 is 0. The molecule has 2 aromatic rings. The highest BCUT2D eigenvalue weighted by Gasteiger charge is 2.27. The van der Waals surface area contributed by atoms with Crippen molar-refractivity contribution >= 4 is 17.6 Å². The lowest BCUT2D eigenvalue weighted by Crippen LogP contribution is -2.55. The van der Waals surface area contributed by atoms with E-state index < -0.39 is 0 Å². The number of amides is 1. The second kappa shape index (κ2) is 8.57. The van der Waals surface area contributed by atoms with Crippen LogP contribution in [-0.2, 0) is 11.8 Å². The van der Waals surface area contributed by atoms with Gasteiger partial charge in [-0.15, -0.1) is 0 Å². The molecule has 27 heavy (non-hydrogen) atoms. The van der Waals surface area contributed by atoms with Gasteiger partial charge in [-0.05, 0) is 19.1 Å². The highest BCUT2D eigenvalue weighted by atomic mass is 16.5. The summed E-state index contributed by atoms with van der Waals surface area (Å²) < 4.78 is 7.42. The molecule has 0 bridgehead atoms. The summed E-state index contributed by atoms with van der Waals surface area (Å²) in [6.07, 6.45) is 3.56. The number of ether oxygens (including phenoxy) is 1. The maximum Gasteiger partial charge on any atom is 0.246 e. The maximum absolute atomic E-state index is 12.5. The zero-order chi connectivity index (χ0) is 19.2. The first-order valence-corrected chi connectivity index (χ1v) is 9.01. The number of guanidine groups is 1. The Bertz CT molecular complexity index is 799. The van der Waals surface area contributed by atoms with Gasteiger partial charge in [0, 0.05) is 33.4 Å². The average Bonchev–Trinajstić information content (AvgIpc) is 3.09. The smallest absolute Gasteiger partial charge is 0.246 e. The summed E-state index contributed by atoms with van der Waals surface area (Å²) in [5.41, 5.74) is 2.03. The second-order valence-corrected chi connectivity index (χ2v) is 6.47. The molecule has 1 amide bonds. The average molecular weight is 370 g/mol. The number of benzene rings is 1. The van der Waals surface area contributed by atoms with Crippen LogP contribution in [0.15, 0.2) is 41.7 Å². The van der Waals surface area contributed by atoms with Crippen LogP contribution in [0.5, 0.6) is 5.75 Å². The van der Waals surface area contributed by atoms with Crippen molar-refractivity contribution in [2.45, 2.75) is 6.92 Å². The SMILES string of the molecule is CN=C(NCCOc1ccc(C)cc1)N1CCN(c2cnn(C)c2)C(=O)C1. The summed E-state index contributed by atoms with van der Waals surface area (Å²) in [6.45, 7) is 4.77. The Labute approximate surface area is 159 Å². The monoisotopic (exact) mass is 370 g/mol. The lowest BCUT2D eigenvalue weighted by Gasteiger charge is -2.35. The van der Waals surface area contributed by atoms with Crippen molar-refractivity contribution < 1.29 is 9.53 Å². The maximum atomic E-state index is 12.5. The summed E-state index contributed by atoms with van der Waals surface area (Å²) in [5, 5.41) is 7.40. The quantitative estimate of drug-likeness (QED) is 0.483. The Hall–Kier alpha value is -3.03. The first kappa shape index (κ1) is 18.8. The lowest BCUT2D eigenvalue weighted by molar-refractivity contribution is -0.120. The first-order valence-electron chi connectivity index (χ1n) is 9.01. The molecule has 1 aliphatic heterocycles. The number of nitrogens with zero attached hydrogens (tertiary/aromatic N) is 5. The molecular formula is C19H26N6O2. The van der Waals surface area contributed by atoms with Gasteiger partial charge in [0.15, 0.2) is 5.96 Å². The summed E-state index contributed by atoms with van der Waals surface area (Å²) in [7, 11) is 3.57. The van der Waals surface area contributed by atoms with E-state index >= 15 is 0 Å². The van der Waals surface area contributed by atoms with Gasteiger partial charge in [0.2, 0.25) is 5.91 Å². The van der Waals surface area contributed by atoms with Gasteiger partial charge >= 0.3 is 0 Å². The number of hydrogen-bond donors (Lipinski definition) is 1. The number of carbonyl (C=O) groups excluding carboxylic acids is 1. The zero-order valence-corrected chi connectivity index (χ0v) is 16.1. The van der Waals surface area contributed by atoms with E-state index in [9.17, 15) is 4.79 Å². The van der Waals surface area contributed by atoms with Crippen LogP contribution < -0.4 is 15.0 Å². The van der Waals surface area contributed by atoms with Crippen LogP contribution in [0.1, 0.15) is 5.56 Å². The van der Waals surface area contributed by atoms with Gasteiger partial charge < -0.3 is 19.9 Å². The van der Waals surface area contributed by atoms with E-state index in [2.05, 4.69) is 15.4 Å². The molecule has 3 rings (SSSR count). The van der Waals surface area contributed by atoms with Crippen LogP contribution in [0.2, 0.25) is 0 Å². The van der Waals surface area contributed by atoms with Crippen LogP contribution in [0.3, 0.4) is 0 Å². The number of rotatable bonds is 5. The molecule has 0 aliphatic carbocycles. The van der Waals surface area contributed by atoms with Gasteiger partial charge in [-0.1, -0.05) is 17.7 Å². The number of nitrogens with one attached hydrogen (secondary N) is 1. The van der Waals surface area contributed by atoms with E-state index in [0.717, 1.165) is 11.4 Å². The van der Waals surface area contributed by atoms with E-state index in [0.29, 0.717) is 32.2 Å². The second-order valence-electron chi connectivity index (χ2n) is 6.47. The number of aliphatic imine (C=N–C) groups is 1. The van der Waals surface area contributed by atoms with E-state index in [-0.39, 0.29) is 12.5 Å². The van der Waals surface area contributed by atoms with Gasteiger partial charge in [-0.3, -0.25) is 14.5 Å².